The van der Waals surface area contributed by atoms with E-state index in [0.29, 0.717) is 23.4 Å². The summed E-state index contributed by atoms with van der Waals surface area (Å²) >= 11 is 0. The smallest absolute Gasteiger partial charge is 0.251 e. The van der Waals surface area contributed by atoms with E-state index >= 15 is 0 Å². The molecule has 0 spiro atoms. The van der Waals surface area contributed by atoms with Crippen molar-refractivity contribution in [1.29, 1.82) is 0 Å². The summed E-state index contributed by atoms with van der Waals surface area (Å²) in [6.07, 6.45) is 2.57. The van der Waals surface area contributed by atoms with Gasteiger partial charge in [-0.25, -0.2) is 0 Å². The molecule has 6 nitrogen and oxygen atoms in total. The first-order valence-electron chi connectivity index (χ1n) is 9.68. The van der Waals surface area contributed by atoms with Crippen molar-refractivity contribution in [3.8, 4) is 5.75 Å². The summed E-state index contributed by atoms with van der Waals surface area (Å²) < 4.78 is 6.98. The van der Waals surface area contributed by atoms with E-state index in [1.807, 2.05) is 36.4 Å². The maximum atomic E-state index is 12.3. The van der Waals surface area contributed by atoms with Gasteiger partial charge < -0.3 is 15.3 Å². The van der Waals surface area contributed by atoms with Crippen LogP contribution in [0.15, 0.2) is 79.1 Å². The van der Waals surface area contributed by atoms with Crippen LogP contribution >= 0.6 is 0 Å². The molecule has 0 radical (unpaired) electrons. The molecule has 4 rings (SSSR count). The molecule has 1 aliphatic rings. The van der Waals surface area contributed by atoms with Gasteiger partial charge in [0.1, 0.15) is 11.9 Å². The third-order valence-corrected chi connectivity index (χ3v) is 5.01. The third kappa shape index (κ3) is 4.73. The first-order chi connectivity index (χ1) is 14.2. The van der Waals surface area contributed by atoms with E-state index in [0.717, 1.165) is 30.0 Å². The fourth-order valence-electron chi connectivity index (χ4n) is 3.49. The van der Waals surface area contributed by atoms with Crippen molar-refractivity contribution >= 4 is 5.91 Å². The fraction of sp³-hybridized carbons (Fsp3) is 0.217. The Labute approximate surface area is 169 Å². The molecule has 0 saturated heterocycles. The highest BCUT2D eigenvalue weighted by Crippen LogP contribution is 2.30. The van der Waals surface area contributed by atoms with Gasteiger partial charge in [-0.3, -0.25) is 9.69 Å². The molecule has 1 atom stereocenters. The van der Waals surface area contributed by atoms with Crippen LogP contribution in [0.25, 0.3) is 0 Å². The number of amides is 1. The number of rotatable bonds is 5. The van der Waals surface area contributed by atoms with E-state index in [2.05, 4.69) is 28.4 Å². The van der Waals surface area contributed by atoms with Gasteiger partial charge in [0.2, 0.25) is 0 Å². The number of carbonyl (C=O) groups is 1. The molecule has 0 fully saturated rings. The molecule has 1 aliphatic heterocycles. The van der Waals surface area contributed by atoms with E-state index < -0.39 is 0 Å². The fourth-order valence-corrected chi connectivity index (χ4v) is 3.49. The molecular formula is C23H23N3O3. The van der Waals surface area contributed by atoms with Gasteiger partial charge in [-0.2, -0.15) is 4.73 Å². The van der Waals surface area contributed by atoms with Gasteiger partial charge >= 0.3 is 0 Å². The number of para-hydroxylation sites is 1. The summed E-state index contributed by atoms with van der Waals surface area (Å²) in [5.74, 6) is 0.722. The van der Waals surface area contributed by atoms with Crippen molar-refractivity contribution in [2.45, 2.75) is 12.6 Å². The summed E-state index contributed by atoms with van der Waals surface area (Å²) in [6, 6.07) is 21.3. The number of nitrogens with one attached hydrogen (secondary N) is 1. The van der Waals surface area contributed by atoms with Crippen molar-refractivity contribution in [3.05, 3.63) is 101 Å². The topological polar surface area (TPSA) is 68.5 Å². The van der Waals surface area contributed by atoms with Crippen LogP contribution in [-0.2, 0) is 6.54 Å². The van der Waals surface area contributed by atoms with Gasteiger partial charge in [0.25, 0.3) is 5.91 Å². The Morgan fingerprint density at radius 2 is 1.79 bits per heavy atom. The maximum Gasteiger partial charge on any atom is 0.251 e. The highest BCUT2D eigenvalue weighted by atomic mass is 16.5. The van der Waals surface area contributed by atoms with E-state index in [1.165, 1.54) is 24.5 Å². The highest BCUT2D eigenvalue weighted by Gasteiger charge is 2.24. The lowest BCUT2D eigenvalue weighted by Crippen LogP contribution is -2.36. The zero-order valence-corrected chi connectivity index (χ0v) is 16.0. The molecule has 1 amide bonds. The van der Waals surface area contributed by atoms with Crippen LogP contribution in [0.3, 0.4) is 0 Å². The first-order valence-corrected chi connectivity index (χ1v) is 9.68. The molecule has 29 heavy (non-hydrogen) atoms. The summed E-state index contributed by atoms with van der Waals surface area (Å²) in [4.78, 5) is 14.6. The lowest BCUT2D eigenvalue weighted by atomic mass is 10.1. The molecule has 3 aromatic rings. The predicted molar refractivity (Wildman–Crippen MR) is 109 cm³/mol. The summed E-state index contributed by atoms with van der Waals surface area (Å²) in [6.45, 7) is 2.70. The Morgan fingerprint density at radius 3 is 2.59 bits per heavy atom. The van der Waals surface area contributed by atoms with E-state index in [1.54, 1.807) is 0 Å². The normalized spacial score (nSPS) is 16.3. The predicted octanol–water partition coefficient (Wildman–Crippen LogP) is 2.69. The van der Waals surface area contributed by atoms with Crippen molar-refractivity contribution in [3.63, 3.8) is 0 Å². The molecule has 2 aromatic carbocycles. The van der Waals surface area contributed by atoms with Gasteiger partial charge in [-0.1, -0.05) is 48.5 Å². The number of hydrogen-bond acceptors (Lipinski definition) is 4. The maximum absolute atomic E-state index is 12.3. The lowest BCUT2D eigenvalue weighted by Gasteiger charge is -2.24. The van der Waals surface area contributed by atoms with Crippen molar-refractivity contribution in [1.82, 2.24) is 10.2 Å². The van der Waals surface area contributed by atoms with Crippen LogP contribution in [-0.4, -0.2) is 30.4 Å². The van der Waals surface area contributed by atoms with Crippen molar-refractivity contribution < 1.29 is 14.3 Å². The molecule has 148 valence electrons. The minimum absolute atomic E-state index is 0.0721. The zero-order valence-electron chi connectivity index (χ0n) is 16.0. The summed E-state index contributed by atoms with van der Waals surface area (Å²) in [7, 11) is 0. The van der Waals surface area contributed by atoms with Gasteiger partial charge in [0.15, 0.2) is 12.4 Å². The Bertz CT molecular complexity index is 961. The quantitative estimate of drug-likeness (QED) is 0.538. The molecule has 1 N–H and O–H groups in total. The molecule has 0 aliphatic carbocycles. The zero-order chi connectivity index (χ0) is 20.1. The van der Waals surface area contributed by atoms with Gasteiger partial charge in [0.05, 0.1) is 5.56 Å². The number of benzene rings is 2. The second-order valence-electron chi connectivity index (χ2n) is 7.06. The van der Waals surface area contributed by atoms with Crippen molar-refractivity contribution in [2.24, 2.45) is 0 Å². The Kier molecular flexibility index (Phi) is 5.72. The number of fused-ring (bicyclic) bond motifs is 1. The number of carbonyl (C=O) groups excluding carboxylic acids is 1. The van der Waals surface area contributed by atoms with E-state index in [-0.39, 0.29) is 12.0 Å². The molecule has 1 aromatic heterocycles. The SMILES string of the molecule is O=C(NCCN1Cc2ccccc2O[C@@H](c2ccccc2)C1)c1cc[n+]([O-])cc1. The lowest BCUT2D eigenvalue weighted by molar-refractivity contribution is -0.605. The average Bonchev–Trinajstić information content (AvgIpc) is 2.94. The minimum atomic E-state index is -0.184. The second-order valence-corrected chi connectivity index (χ2v) is 7.06. The van der Waals surface area contributed by atoms with Gasteiger partial charge in [-0.05, 0) is 11.6 Å². The molecule has 0 saturated carbocycles. The number of aromatic nitrogens is 1. The monoisotopic (exact) mass is 389 g/mol. The van der Waals surface area contributed by atoms with Crippen LogP contribution < -0.4 is 14.8 Å². The third-order valence-electron chi connectivity index (χ3n) is 5.01. The standard InChI is InChI=1S/C23H23N3O3/c27-23(19-10-13-26(28)14-11-19)24-12-15-25-16-20-8-4-5-9-21(20)29-22(17-25)18-6-2-1-3-7-18/h1-11,13-14,22H,12,15-17H2,(H,24,27)/t22-/m1/s1. The van der Waals surface area contributed by atoms with Crippen LogP contribution in [0.4, 0.5) is 0 Å². The molecule has 6 heteroatoms. The number of nitrogens with zero attached hydrogens (tertiary/aromatic N) is 2. The Balaban J connectivity index is 1.43. The van der Waals surface area contributed by atoms with E-state index in [4.69, 9.17) is 4.74 Å². The summed E-state index contributed by atoms with van der Waals surface area (Å²) in [5.41, 5.74) is 2.75. The van der Waals surface area contributed by atoms with Crippen molar-refractivity contribution in [2.75, 3.05) is 19.6 Å². The van der Waals surface area contributed by atoms with Crippen LogP contribution in [0, 0.1) is 5.21 Å². The van der Waals surface area contributed by atoms with Crippen LogP contribution in [0.1, 0.15) is 27.6 Å². The number of hydrogen-bond donors (Lipinski definition) is 1. The minimum Gasteiger partial charge on any atom is -0.619 e. The Morgan fingerprint density at radius 1 is 1.07 bits per heavy atom. The Hall–Kier alpha value is -3.38. The first kappa shape index (κ1) is 19.0. The molecule has 2 heterocycles. The van der Waals surface area contributed by atoms with E-state index in [9.17, 15) is 10.0 Å². The average molecular weight is 389 g/mol. The second kappa shape index (κ2) is 8.75. The molecular weight excluding hydrogens is 366 g/mol. The van der Waals surface area contributed by atoms with Crippen LogP contribution in [0.2, 0.25) is 0 Å². The summed E-state index contributed by atoms with van der Waals surface area (Å²) in [5, 5.41) is 14.0. The van der Waals surface area contributed by atoms with Gasteiger partial charge in [-0.15, -0.1) is 0 Å². The largest absolute Gasteiger partial charge is 0.619 e. The molecule has 0 unspecified atom stereocenters. The number of ether oxygens (including phenoxy) is 1. The van der Waals surface area contributed by atoms with Crippen LogP contribution in [0.5, 0.6) is 5.75 Å². The molecule has 0 bridgehead atoms. The highest BCUT2D eigenvalue weighted by molar-refractivity contribution is 5.93. The van der Waals surface area contributed by atoms with Gasteiger partial charge in [0, 0.05) is 43.9 Å². The number of pyridine rings is 1.